The second-order valence-corrected chi connectivity index (χ2v) is 7.87. The maximum absolute atomic E-state index is 13.1. The molecule has 0 N–H and O–H groups in total. The van der Waals surface area contributed by atoms with E-state index in [2.05, 4.69) is 15.1 Å². The van der Waals surface area contributed by atoms with Crippen molar-refractivity contribution in [2.75, 3.05) is 27.8 Å². The van der Waals surface area contributed by atoms with E-state index in [4.69, 9.17) is 13.9 Å². The van der Waals surface area contributed by atoms with Gasteiger partial charge in [-0.15, -0.1) is 0 Å². The third-order valence-corrected chi connectivity index (χ3v) is 5.60. The first-order chi connectivity index (χ1) is 16.4. The summed E-state index contributed by atoms with van der Waals surface area (Å²) < 4.78 is 17.9. The van der Waals surface area contributed by atoms with Crippen molar-refractivity contribution in [1.82, 2.24) is 24.6 Å². The Morgan fingerprint density at radius 1 is 1.09 bits per heavy atom. The highest BCUT2D eigenvalue weighted by Gasteiger charge is 2.20. The molecular formula is C25H27N5O4. The summed E-state index contributed by atoms with van der Waals surface area (Å²) in [6.45, 7) is 4.24. The number of carbonyl (C=O) groups is 1. The van der Waals surface area contributed by atoms with Crippen molar-refractivity contribution >= 4 is 5.91 Å². The molecule has 1 amide bonds. The lowest BCUT2D eigenvalue weighted by molar-refractivity contribution is 0.0796. The molecule has 0 aliphatic heterocycles. The number of amides is 1. The Labute approximate surface area is 198 Å². The molecule has 0 saturated heterocycles. The van der Waals surface area contributed by atoms with Crippen LogP contribution < -0.4 is 9.47 Å². The predicted molar refractivity (Wildman–Crippen MR) is 127 cm³/mol. The summed E-state index contributed by atoms with van der Waals surface area (Å²) in [4.78, 5) is 23.7. The monoisotopic (exact) mass is 461 g/mol. The summed E-state index contributed by atoms with van der Waals surface area (Å²) in [6.07, 6.45) is 3.87. The van der Waals surface area contributed by atoms with E-state index in [0.29, 0.717) is 53.1 Å². The summed E-state index contributed by atoms with van der Waals surface area (Å²) in [5.41, 5.74) is 2.85. The molecule has 0 fully saturated rings. The summed E-state index contributed by atoms with van der Waals surface area (Å²) in [5.74, 6) is 3.04. The number of aromatic nitrogens is 4. The first-order valence-electron chi connectivity index (χ1n) is 10.8. The van der Waals surface area contributed by atoms with Crippen LogP contribution in [-0.4, -0.2) is 58.4 Å². The molecule has 4 aromatic rings. The minimum atomic E-state index is -0.123. The molecule has 0 spiro atoms. The van der Waals surface area contributed by atoms with Gasteiger partial charge in [-0.2, -0.15) is 5.10 Å². The minimum absolute atomic E-state index is 0.123. The van der Waals surface area contributed by atoms with E-state index in [-0.39, 0.29) is 5.91 Å². The molecule has 9 heteroatoms. The quantitative estimate of drug-likeness (QED) is 0.393. The summed E-state index contributed by atoms with van der Waals surface area (Å²) in [6, 6.07) is 11.3. The van der Waals surface area contributed by atoms with E-state index < -0.39 is 0 Å². The average Bonchev–Trinajstić information content (AvgIpc) is 3.47. The third kappa shape index (κ3) is 4.63. The molecule has 3 aromatic heterocycles. The Kier molecular flexibility index (Phi) is 6.62. The Morgan fingerprint density at radius 3 is 2.59 bits per heavy atom. The second-order valence-electron chi connectivity index (χ2n) is 7.87. The summed E-state index contributed by atoms with van der Waals surface area (Å²) in [7, 11) is 4.98. The lowest BCUT2D eigenvalue weighted by atomic mass is 10.1. The lowest BCUT2D eigenvalue weighted by Crippen LogP contribution is -2.29. The van der Waals surface area contributed by atoms with Crippen LogP contribution in [0, 0.1) is 13.8 Å². The van der Waals surface area contributed by atoms with Crippen LogP contribution in [0.3, 0.4) is 0 Å². The Morgan fingerprint density at radius 2 is 1.88 bits per heavy atom. The zero-order chi connectivity index (χ0) is 24.2. The van der Waals surface area contributed by atoms with E-state index >= 15 is 0 Å². The molecular weight excluding hydrogens is 434 g/mol. The molecule has 9 nitrogen and oxygen atoms in total. The fourth-order valence-electron chi connectivity index (χ4n) is 3.62. The average molecular weight is 462 g/mol. The molecule has 34 heavy (non-hydrogen) atoms. The van der Waals surface area contributed by atoms with Crippen molar-refractivity contribution in [3.8, 4) is 28.9 Å². The standard InChI is InChI=1S/C25H27N5O4/c1-16-6-8-21(34-16)20-10-12-26-25(28-20)30-17(2)19(15-27-30)24(31)29(3)13-11-18-7-9-22(32-4)23(14-18)33-5/h6-10,12,14-15H,11,13H2,1-5H3. The largest absolute Gasteiger partial charge is 0.493 e. The van der Waals surface area contributed by atoms with Gasteiger partial charge in [0, 0.05) is 19.8 Å². The van der Waals surface area contributed by atoms with Crippen LogP contribution in [0.4, 0.5) is 0 Å². The van der Waals surface area contributed by atoms with Crippen molar-refractivity contribution in [2.45, 2.75) is 20.3 Å². The Hall–Kier alpha value is -4.14. The topological polar surface area (TPSA) is 95.5 Å². The molecule has 3 heterocycles. The summed E-state index contributed by atoms with van der Waals surface area (Å²) in [5, 5.41) is 4.37. The van der Waals surface area contributed by atoms with Crippen molar-refractivity contribution < 1.29 is 18.7 Å². The molecule has 0 bridgehead atoms. The number of rotatable bonds is 8. The maximum Gasteiger partial charge on any atom is 0.257 e. The lowest BCUT2D eigenvalue weighted by Gasteiger charge is -2.17. The number of carbonyl (C=O) groups excluding carboxylic acids is 1. The molecule has 0 atom stereocenters. The highest BCUT2D eigenvalue weighted by Crippen LogP contribution is 2.28. The third-order valence-electron chi connectivity index (χ3n) is 5.60. The fraction of sp³-hybridized carbons (Fsp3) is 0.280. The second kappa shape index (κ2) is 9.78. The van der Waals surface area contributed by atoms with Gasteiger partial charge in [0.25, 0.3) is 11.9 Å². The molecule has 176 valence electrons. The van der Waals surface area contributed by atoms with Gasteiger partial charge in [-0.25, -0.2) is 14.6 Å². The van der Waals surface area contributed by atoms with Crippen LogP contribution in [0.25, 0.3) is 17.4 Å². The molecule has 0 aliphatic carbocycles. The van der Waals surface area contributed by atoms with E-state index in [1.807, 2.05) is 44.2 Å². The van der Waals surface area contributed by atoms with Gasteiger partial charge >= 0.3 is 0 Å². The molecule has 0 aliphatic rings. The van der Waals surface area contributed by atoms with Gasteiger partial charge in [-0.1, -0.05) is 6.07 Å². The highest BCUT2D eigenvalue weighted by molar-refractivity contribution is 5.95. The maximum atomic E-state index is 13.1. The number of hydrogen-bond acceptors (Lipinski definition) is 7. The molecule has 4 rings (SSSR count). The SMILES string of the molecule is COc1ccc(CCN(C)C(=O)c2cnn(-c3nccc(-c4ccc(C)o4)n3)c2C)cc1OC. The first kappa shape index (κ1) is 23.0. The van der Waals surface area contributed by atoms with Crippen molar-refractivity contribution in [1.29, 1.82) is 0 Å². The van der Waals surface area contributed by atoms with Crippen LogP contribution in [0.5, 0.6) is 11.5 Å². The van der Waals surface area contributed by atoms with E-state index in [1.165, 1.54) is 0 Å². The van der Waals surface area contributed by atoms with Crippen molar-refractivity contribution in [2.24, 2.45) is 0 Å². The molecule has 0 saturated carbocycles. The van der Waals surface area contributed by atoms with Gasteiger partial charge in [0.1, 0.15) is 11.5 Å². The zero-order valence-electron chi connectivity index (χ0n) is 19.9. The number of likely N-dealkylation sites (N-methyl/N-ethyl adjacent to an activating group) is 1. The van der Waals surface area contributed by atoms with Gasteiger partial charge in [0.15, 0.2) is 17.3 Å². The summed E-state index contributed by atoms with van der Waals surface area (Å²) >= 11 is 0. The Bertz CT molecular complexity index is 1310. The zero-order valence-corrected chi connectivity index (χ0v) is 19.9. The fourth-order valence-corrected chi connectivity index (χ4v) is 3.62. The highest BCUT2D eigenvalue weighted by atomic mass is 16.5. The van der Waals surface area contributed by atoms with Gasteiger partial charge in [-0.3, -0.25) is 4.79 Å². The van der Waals surface area contributed by atoms with Crippen molar-refractivity contribution in [3.63, 3.8) is 0 Å². The van der Waals surface area contributed by atoms with Crippen LogP contribution in [0.2, 0.25) is 0 Å². The van der Waals surface area contributed by atoms with Crippen LogP contribution >= 0.6 is 0 Å². The van der Waals surface area contributed by atoms with Gasteiger partial charge < -0.3 is 18.8 Å². The molecule has 0 unspecified atom stereocenters. The number of aryl methyl sites for hydroxylation is 1. The van der Waals surface area contributed by atoms with Crippen LogP contribution in [0.15, 0.2) is 53.2 Å². The van der Waals surface area contributed by atoms with Crippen molar-refractivity contribution in [3.05, 3.63) is 71.4 Å². The van der Waals surface area contributed by atoms with Gasteiger partial charge in [0.2, 0.25) is 0 Å². The number of ether oxygens (including phenoxy) is 2. The first-order valence-corrected chi connectivity index (χ1v) is 10.8. The van der Waals surface area contributed by atoms with Gasteiger partial charge in [-0.05, 0) is 56.2 Å². The smallest absolute Gasteiger partial charge is 0.257 e. The van der Waals surface area contributed by atoms with Crippen LogP contribution in [-0.2, 0) is 6.42 Å². The van der Waals surface area contributed by atoms with Crippen LogP contribution in [0.1, 0.15) is 27.4 Å². The predicted octanol–water partition coefficient (Wildman–Crippen LogP) is 3.87. The normalized spacial score (nSPS) is 10.9. The molecule has 1 aromatic carbocycles. The number of methoxy groups -OCH3 is 2. The number of nitrogens with zero attached hydrogens (tertiary/aromatic N) is 5. The molecule has 0 radical (unpaired) electrons. The van der Waals surface area contributed by atoms with E-state index in [0.717, 1.165) is 11.3 Å². The van der Waals surface area contributed by atoms with E-state index in [1.54, 1.807) is 49.3 Å². The number of furan rings is 1. The van der Waals surface area contributed by atoms with E-state index in [9.17, 15) is 4.79 Å². The number of hydrogen-bond donors (Lipinski definition) is 0. The number of benzene rings is 1. The minimum Gasteiger partial charge on any atom is -0.493 e. The Balaban J connectivity index is 1.48. The van der Waals surface area contributed by atoms with Gasteiger partial charge in [0.05, 0.1) is 31.7 Å².